The second kappa shape index (κ2) is 5.56. The van der Waals surface area contributed by atoms with Gasteiger partial charge in [-0.05, 0) is 13.3 Å². The van der Waals surface area contributed by atoms with Crippen LogP contribution in [0.3, 0.4) is 0 Å². The second-order valence-electron chi connectivity index (χ2n) is 3.82. The maximum atomic E-state index is 5.35. The molecule has 1 atom stereocenters. The third-order valence-corrected chi connectivity index (χ3v) is 5.82. The summed E-state index contributed by atoms with van der Waals surface area (Å²) in [6, 6.07) is 0. The van der Waals surface area contributed by atoms with Crippen LogP contribution < -0.4 is 0 Å². The smallest absolute Gasteiger partial charge is 0.133 e. The molecule has 1 aliphatic rings. The molecule has 2 heterocycles. The standard InChI is InChI=1S/C11H16N2S3/c1-3-8-7(2)12-10(13-11(8)14)9-6-15-4-5-16-9/h9H,3-6H2,1-2H3,(H,12,13,14). The summed E-state index contributed by atoms with van der Waals surface area (Å²) in [6.45, 7) is 4.22. The molecule has 0 spiro atoms. The summed E-state index contributed by atoms with van der Waals surface area (Å²) < 4.78 is 0.782. The highest BCUT2D eigenvalue weighted by molar-refractivity contribution is 8.06. The van der Waals surface area contributed by atoms with Crippen LogP contribution in [-0.4, -0.2) is 27.2 Å². The Kier molecular flexibility index (Phi) is 4.33. The van der Waals surface area contributed by atoms with E-state index in [1.54, 1.807) is 0 Å². The predicted molar refractivity (Wildman–Crippen MR) is 76.1 cm³/mol. The number of hydrogen-bond donors (Lipinski definition) is 1. The predicted octanol–water partition coefficient (Wildman–Crippen LogP) is 3.53. The summed E-state index contributed by atoms with van der Waals surface area (Å²) in [7, 11) is 0. The number of rotatable bonds is 2. The van der Waals surface area contributed by atoms with E-state index < -0.39 is 0 Å². The van der Waals surface area contributed by atoms with E-state index in [9.17, 15) is 0 Å². The minimum absolute atomic E-state index is 0.491. The Bertz CT molecular complexity index is 422. The molecule has 0 amide bonds. The molecule has 88 valence electrons. The fourth-order valence-electron chi connectivity index (χ4n) is 1.85. The monoisotopic (exact) mass is 272 g/mol. The maximum Gasteiger partial charge on any atom is 0.133 e. The van der Waals surface area contributed by atoms with Gasteiger partial charge in [-0.3, -0.25) is 0 Å². The molecule has 0 bridgehead atoms. The van der Waals surface area contributed by atoms with Crippen molar-refractivity contribution in [2.45, 2.75) is 25.5 Å². The zero-order chi connectivity index (χ0) is 11.5. The van der Waals surface area contributed by atoms with E-state index in [0.29, 0.717) is 5.25 Å². The van der Waals surface area contributed by atoms with E-state index in [1.807, 2.05) is 23.5 Å². The minimum Gasteiger partial charge on any atom is -0.346 e. The van der Waals surface area contributed by atoms with Crippen LogP contribution in [0.4, 0.5) is 0 Å². The Morgan fingerprint density at radius 1 is 1.50 bits per heavy atom. The number of thioether (sulfide) groups is 2. The van der Waals surface area contributed by atoms with Crippen LogP contribution >= 0.6 is 35.7 Å². The number of aromatic amines is 1. The lowest BCUT2D eigenvalue weighted by atomic mass is 10.2. The average Bonchev–Trinajstić information content (AvgIpc) is 2.30. The van der Waals surface area contributed by atoms with Crippen molar-refractivity contribution in [3.8, 4) is 0 Å². The topological polar surface area (TPSA) is 28.7 Å². The summed E-state index contributed by atoms with van der Waals surface area (Å²) in [5.74, 6) is 4.69. The van der Waals surface area contributed by atoms with Crippen molar-refractivity contribution >= 4 is 35.7 Å². The van der Waals surface area contributed by atoms with E-state index in [-0.39, 0.29) is 0 Å². The van der Waals surface area contributed by atoms with Crippen LogP contribution in [0.1, 0.15) is 29.3 Å². The van der Waals surface area contributed by atoms with E-state index in [1.165, 1.54) is 22.8 Å². The van der Waals surface area contributed by atoms with Crippen LogP contribution in [0.2, 0.25) is 0 Å². The lowest BCUT2D eigenvalue weighted by molar-refractivity contribution is 0.868. The number of hydrogen-bond acceptors (Lipinski definition) is 4. The summed E-state index contributed by atoms with van der Waals surface area (Å²) in [6.07, 6.45) is 0.959. The molecule has 0 radical (unpaired) electrons. The van der Waals surface area contributed by atoms with Crippen molar-refractivity contribution in [3.63, 3.8) is 0 Å². The Morgan fingerprint density at radius 2 is 2.31 bits per heavy atom. The Labute approximate surface area is 110 Å². The summed E-state index contributed by atoms with van der Waals surface area (Å²) >= 11 is 9.34. The summed E-state index contributed by atoms with van der Waals surface area (Å²) in [4.78, 5) is 7.98. The molecule has 0 saturated carbocycles. The van der Waals surface area contributed by atoms with Crippen LogP contribution in [0.15, 0.2) is 0 Å². The van der Waals surface area contributed by atoms with Crippen molar-refractivity contribution in [2.24, 2.45) is 0 Å². The van der Waals surface area contributed by atoms with Gasteiger partial charge in [0.15, 0.2) is 0 Å². The zero-order valence-electron chi connectivity index (χ0n) is 9.58. The highest BCUT2D eigenvalue weighted by atomic mass is 32.2. The van der Waals surface area contributed by atoms with E-state index >= 15 is 0 Å². The second-order valence-corrected chi connectivity index (χ2v) is 6.67. The van der Waals surface area contributed by atoms with Crippen molar-refractivity contribution in [1.82, 2.24) is 9.97 Å². The SMILES string of the molecule is CCc1c(C)[nH]c(C2CSCCS2)nc1=S. The largest absolute Gasteiger partial charge is 0.346 e. The van der Waals surface area contributed by atoms with Crippen LogP contribution in [0.25, 0.3) is 0 Å². The minimum atomic E-state index is 0.491. The molecule has 2 rings (SSSR count). The first-order valence-electron chi connectivity index (χ1n) is 5.51. The van der Waals surface area contributed by atoms with Gasteiger partial charge in [0.05, 0.1) is 5.25 Å². The fourth-order valence-corrected chi connectivity index (χ4v) is 4.87. The number of nitrogens with one attached hydrogen (secondary N) is 1. The van der Waals surface area contributed by atoms with Gasteiger partial charge in [0, 0.05) is 28.5 Å². The van der Waals surface area contributed by atoms with Gasteiger partial charge < -0.3 is 4.98 Å². The van der Waals surface area contributed by atoms with E-state index in [2.05, 4.69) is 23.8 Å². The van der Waals surface area contributed by atoms with Crippen LogP contribution in [0, 0.1) is 11.6 Å². The van der Waals surface area contributed by atoms with Crippen LogP contribution in [0.5, 0.6) is 0 Å². The zero-order valence-corrected chi connectivity index (χ0v) is 12.0. The molecule has 5 heteroatoms. The molecule has 1 unspecified atom stereocenters. The molecule has 0 aromatic carbocycles. The molecular weight excluding hydrogens is 256 g/mol. The molecule has 16 heavy (non-hydrogen) atoms. The van der Waals surface area contributed by atoms with Crippen molar-refractivity contribution in [2.75, 3.05) is 17.3 Å². The fraction of sp³-hybridized carbons (Fsp3) is 0.636. The number of nitrogens with zero attached hydrogens (tertiary/aromatic N) is 1. The third kappa shape index (κ3) is 2.63. The van der Waals surface area contributed by atoms with Crippen LogP contribution in [-0.2, 0) is 6.42 Å². The maximum absolute atomic E-state index is 5.35. The Balaban J connectivity index is 2.31. The lowest BCUT2D eigenvalue weighted by Gasteiger charge is -2.21. The number of H-pyrrole nitrogens is 1. The normalized spacial score (nSPS) is 21.0. The van der Waals surface area contributed by atoms with Gasteiger partial charge in [-0.2, -0.15) is 11.8 Å². The van der Waals surface area contributed by atoms with Gasteiger partial charge in [0.2, 0.25) is 0 Å². The molecule has 1 N–H and O–H groups in total. The highest BCUT2D eigenvalue weighted by Gasteiger charge is 2.19. The molecule has 1 aromatic heterocycles. The number of aromatic nitrogens is 2. The van der Waals surface area contributed by atoms with Gasteiger partial charge in [-0.25, -0.2) is 4.98 Å². The van der Waals surface area contributed by atoms with Gasteiger partial charge in [-0.15, -0.1) is 11.8 Å². The molecular formula is C11H16N2S3. The lowest BCUT2D eigenvalue weighted by Crippen LogP contribution is -2.12. The van der Waals surface area contributed by atoms with E-state index in [4.69, 9.17) is 12.2 Å². The van der Waals surface area contributed by atoms with Crippen molar-refractivity contribution in [1.29, 1.82) is 0 Å². The molecule has 1 saturated heterocycles. The Morgan fingerprint density at radius 3 is 2.88 bits per heavy atom. The van der Waals surface area contributed by atoms with Crippen molar-refractivity contribution in [3.05, 3.63) is 21.7 Å². The molecule has 0 aliphatic carbocycles. The summed E-state index contributed by atoms with van der Waals surface area (Å²) in [5, 5.41) is 0.491. The first-order valence-corrected chi connectivity index (χ1v) is 8.12. The quantitative estimate of drug-likeness (QED) is 0.834. The third-order valence-electron chi connectivity index (χ3n) is 2.72. The van der Waals surface area contributed by atoms with Gasteiger partial charge in [0.1, 0.15) is 10.5 Å². The Hall–Kier alpha value is -0.000000000000000139. The van der Waals surface area contributed by atoms with Crippen molar-refractivity contribution < 1.29 is 0 Å². The first kappa shape index (κ1) is 12.5. The molecule has 1 aliphatic heterocycles. The van der Waals surface area contributed by atoms with Gasteiger partial charge >= 0.3 is 0 Å². The molecule has 2 nitrogen and oxygen atoms in total. The molecule has 1 aromatic rings. The van der Waals surface area contributed by atoms with Gasteiger partial charge in [0.25, 0.3) is 0 Å². The van der Waals surface area contributed by atoms with Gasteiger partial charge in [-0.1, -0.05) is 19.1 Å². The highest BCUT2D eigenvalue weighted by Crippen LogP contribution is 2.35. The first-order chi connectivity index (χ1) is 7.72. The number of aryl methyl sites for hydroxylation is 1. The van der Waals surface area contributed by atoms with E-state index in [0.717, 1.165) is 22.6 Å². The average molecular weight is 272 g/mol. The summed E-state index contributed by atoms with van der Waals surface area (Å²) in [5.41, 5.74) is 2.38. The molecule has 1 fully saturated rings.